The van der Waals surface area contributed by atoms with Crippen LogP contribution in [0.2, 0.25) is 0 Å². The van der Waals surface area contributed by atoms with E-state index in [9.17, 15) is 43.8 Å². The summed E-state index contributed by atoms with van der Waals surface area (Å²) in [6.45, 7) is 0.198. The second-order valence-corrected chi connectivity index (χ2v) is 20.1. The molecular weight excluding hydrogens is 939 g/mol. The SMILES string of the molecule is CC/C=C\C/C=C\C/C=C\C/C=C\C/C=C\C/C=C\C/C=C\CC(=O)OCC(O)COP(=O)(O)OCC(O)COP(=O)(O)OCC(O)COC(=O)CCCCCCCCCCCCCCCCCCC. The highest BCUT2D eigenvalue weighted by Gasteiger charge is 2.28. The zero-order chi connectivity index (χ0) is 51.7. The molecule has 17 heteroatoms. The van der Waals surface area contributed by atoms with E-state index in [0.717, 1.165) is 57.8 Å². The third-order valence-corrected chi connectivity index (χ3v) is 12.3. The summed E-state index contributed by atoms with van der Waals surface area (Å²) in [6.07, 6.45) is 51.7. The maximum absolute atomic E-state index is 12.2. The number of phosphoric ester groups is 2. The second kappa shape index (κ2) is 48.5. The van der Waals surface area contributed by atoms with Crippen LogP contribution in [-0.2, 0) is 46.3 Å². The first-order chi connectivity index (χ1) is 33.8. The number of phosphoric acid groups is 2. The van der Waals surface area contributed by atoms with E-state index in [1.54, 1.807) is 12.2 Å². The largest absolute Gasteiger partial charge is 0.472 e. The number of ether oxygens (including phenoxy) is 2. The third-order valence-electron chi connectivity index (χ3n) is 10.4. The van der Waals surface area contributed by atoms with Crippen LogP contribution >= 0.6 is 15.6 Å². The minimum Gasteiger partial charge on any atom is -0.463 e. The van der Waals surface area contributed by atoms with Gasteiger partial charge in [-0.3, -0.25) is 27.7 Å². The van der Waals surface area contributed by atoms with Gasteiger partial charge in [-0.2, -0.15) is 0 Å². The Balaban J connectivity index is 3.95. The van der Waals surface area contributed by atoms with Crippen molar-refractivity contribution in [2.24, 2.45) is 0 Å². The van der Waals surface area contributed by atoms with Crippen LogP contribution in [0.15, 0.2) is 85.1 Å². The quantitative estimate of drug-likeness (QED) is 0.0165. The zero-order valence-corrected chi connectivity index (χ0v) is 44.4. The average molecular weight is 1030 g/mol. The summed E-state index contributed by atoms with van der Waals surface area (Å²) >= 11 is 0. The normalized spacial score (nSPS) is 15.6. The van der Waals surface area contributed by atoms with Gasteiger partial charge < -0.3 is 34.6 Å². The molecule has 0 heterocycles. The lowest BCUT2D eigenvalue weighted by Crippen LogP contribution is -2.25. The van der Waals surface area contributed by atoms with Gasteiger partial charge in [-0.25, -0.2) is 9.13 Å². The van der Waals surface area contributed by atoms with E-state index in [4.69, 9.17) is 9.47 Å². The number of unbranched alkanes of at least 4 members (excludes halogenated alkanes) is 16. The number of hydrogen-bond acceptors (Lipinski definition) is 13. The van der Waals surface area contributed by atoms with Crippen LogP contribution in [-0.4, -0.2) is 95.0 Å². The third kappa shape index (κ3) is 50.2. The number of hydrogen-bond donors (Lipinski definition) is 5. The molecular formula is C53H92O15P2. The molecule has 0 radical (unpaired) electrons. The van der Waals surface area contributed by atoms with Gasteiger partial charge in [0.1, 0.15) is 31.5 Å². The lowest BCUT2D eigenvalue weighted by Gasteiger charge is -2.19. The molecule has 0 saturated heterocycles. The van der Waals surface area contributed by atoms with Gasteiger partial charge in [0.15, 0.2) is 0 Å². The summed E-state index contributed by atoms with van der Waals surface area (Å²) < 4.78 is 53.0. The van der Waals surface area contributed by atoms with Crippen molar-refractivity contribution in [3.8, 4) is 0 Å². The fourth-order valence-corrected chi connectivity index (χ4v) is 8.01. The molecule has 0 fully saturated rings. The summed E-state index contributed by atoms with van der Waals surface area (Å²) in [7, 11) is -9.61. The van der Waals surface area contributed by atoms with Crippen LogP contribution in [0.4, 0.5) is 0 Å². The van der Waals surface area contributed by atoms with Crippen molar-refractivity contribution in [1.82, 2.24) is 0 Å². The van der Waals surface area contributed by atoms with Crippen LogP contribution in [0, 0.1) is 0 Å². The molecule has 0 amide bonds. The number of aliphatic hydroxyl groups is 3. The molecule has 5 unspecified atom stereocenters. The minimum atomic E-state index is -4.81. The van der Waals surface area contributed by atoms with Gasteiger partial charge in [0.2, 0.25) is 0 Å². The molecule has 0 saturated carbocycles. The lowest BCUT2D eigenvalue weighted by molar-refractivity contribution is -0.147. The van der Waals surface area contributed by atoms with Crippen LogP contribution < -0.4 is 0 Å². The fourth-order valence-electron chi connectivity index (χ4n) is 6.42. The van der Waals surface area contributed by atoms with Gasteiger partial charge in [0.25, 0.3) is 0 Å². The number of allylic oxidation sites excluding steroid dienone is 13. The molecule has 0 aromatic carbocycles. The van der Waals surface area contributed by atoms with Gasteiger partial charge in [0, 0.05) is 6.42 Å². The fraction of sp³-hybridized carbons (Fsp3) is 0.698. The highest BCUT2D eigenvalue weighted by molar-refractivity contribution is 7.47. The Bertz CT molecular complexity index is 1570. The van der Waals surface area contributed by atoms with Gasteiger partial charge in [0.05, 0.1) is 32.8 Å². The average Bonchev–Trinajstić information content (AvgIpc) is 3.34. The Morgan fingerprint density at radius 1 is 0.386 bits per heavy atom. The summed E-state index contributed by atoms with van der Waals surface area (Å²) in [4.78, 5) is 43.8. The number of carbonyl (C=O) groups excluding carboxylic acids is 2. The molecule has 15 nitrogen and oxygen atoms in total. The molecule has 0 aliphatic heterocycles. The summed E-state index contributed by atoms with van der Waals surface area (Å²) in [6, 6.07) is 0. The van der Waals surface area contributed by atoms with Crippen LogP contribution in [0.3, 0.4) is 0 Å². The standard InChI is InChI=1S/C53H92O15P2/c1-3-5-7-9-11-13-15-17-19-21-22-23-24-26-28-30-32-34-36-38-40-42-53(58)64-44-50(55)46-66-70(61,62)68-48-51(56)47-67-69(59,60)65-45-49(54)43-63-52(57)41-39-37-35-33-31-29-27-25-20-18-16-14-12-10-8-6-4-2/h5,7,11,13,17,19,22-23,26,28,32,34,38,40,49-51,54-56H,3-4,6,8-10,12,14-16,18,20-21,24-25,27,29-31,33,35-37,39,41-48H2,1-2H3,(H,59,60)(H,61,62)/b7-5-,13-11-,19-17-,23-22-,28-26-,34-32-,40-38-. The van der Waals surface area contributed by atoms with Gasteiger partial charge >= 0.3 is 27.6 Å². The molecule has 0 aromatic heterocycles. The van der Waals surface area contributed by atoms with Crippen LogP contribution in [0.1, 0.15) is 181 Å². The van der Waals surface area contributed by atoms with Crippen molar-refractivity contribution in [3.63, 3.8) is 0 Å². The first kappa shape index (κ1) is 67.2. The molecule has 404 valence electrons. The lowest BCUT2D eigenvalue weighted by atomic mass is 10.0. The monoisotopic (exact) mass is 1030 g/mol. The molecule has 5 atom stereocenters. The Kier molecular flexibility index (Phi) is 46.6. The second-order valence-electron chi connectivity index (χ2n) is 17.2. The number of rotatable bonds is 49. The predicted octanol–water partition coefficient (Wildman–Crippen LogP) is 12.5. The van der Waals surface area contributed by atoms with Crippen LogP contribution in [0.25, 0.3) is 0 Å². The van der Waals surface area contributed by atoms with Crippen molar-refractivity contribution in [3.05, 3.63) is 85.1 Å². The Labute approximate surface area is 421 Å². The van der Waals surface area contributed by atoms with Crippen molar-refractivity contribution in [1.29, 1.82) is 0 Å². The maximum Gasteiger partial charge on any atom is 0.472 e. The van der Waals surface area contributed by atoms with E-state index in [1.165, 1.54) is 83.5 Å². The first-order valence-corrected chi connectivity index (χ1v) is 28.9. The van der Waals surface area contributed by atoms with E-state index in [1.807, 2.05) is 12.2 Å². The first-order valence-electron chi connectivity index (χ1n) is 25.9. The topological polar surface area (TPSA) is 225 Å². The van der Waals surface area contributed by atoms with Crippen LogP contribution in [0.5, 0.6) is 0 Å². The molecule has 0 aromatic rings. The zero-order valence-electron chi connectivity index (χ0n) is 42.7. The van der Waals surface area contributed by atoms with Crippen molar-refractivity contribution in [2.75, 3.05) is 39.6 Å². The van der Waals surface area contributed by atoms with E-state index in [-0.39, 0.29) is 12.8 Å². The highest BCUT2D eigenvalue weighted by Crippen LogP contribution is 2.45. The smallest absolute Gasteiger partial charge is 0.463 e. The summed E-state index contributed by atoms with van der Waals surface area (Å²) in [5, 5.41) is 30.1. The van der Waals surface area contributed by atoms with Crippen molar-refractivity contribution < 1.29 is 71.4 Å². The van der Waals surface area contributed by atoms with E-state index in [2.05, 4.69) is 92.7 Å². The minimum absolute atomic E-state index is 0.0424. The van der Waals surface area contributed by atoms with Gasteiger partial charge in [-0.05, 0) is 51.4 Å². The molecule has 0 bridgehead atoms. The number of esters is 2. The predicted molar refractivity (Wildman–Crippen MR) is 279 cm³/mol. The highest BCUT2D eigenvalue weighted by atomic mass is 31.2. The maximum atomic E-state index is 12.2. The molecule has 0 spiro atoms. The van der Waals surface area contributed by atoms with E-state index >= 15 is 0 Å². The van der Waals surface area contributed by atoms with E-state index < -0.39 is 85.5 Å². The van der Waals surface area contributed by atoms with Crippen molar-refractivity contribution in [2.45, 2.75) is 199 Å². The molecule has 0 aliphatic carbocycles. The molecule has 70 heavy (non-hydrogen) atoms. The number of aliphatic hydroxyl groups excluding tert-OH is 3. The Hall–Kier alpha value is -2.78. The number of carbonyl (C=O) groups is 2. The summed E-state index contributed by atoms with van der Waals surface area (Å²) in [5.74, 6) is -1.12. The molecule has 5 N–H and O–H groups in total. The van der Waals surface area contributed by atoms with Gasteiger partial charge in [-0.1, -0.05) is 202 Å². The molecule has 0 rings (SSSR count). The Morgan fingerprint density at radius 2 is 0.657 bits per heavy atom. The van der Waals surface area contributed by atoms with Crippen molar-refractivity contribution >= 4 is 27.6 Å². The molecule has 0 aliphatic rings. The van der Waals surface area contributed by atoms with E-state index in [0.29, 0.717) is 12.8 Å². The Morgan fingerprint density at radius 3 is 0.986 bits per heavy atom. The van der Waals surface area contributed by atoms with Gasteiger partial charge in [-0.15, -0.1) is 0 Å². The summed E-state index contributed by atoms with van der Waals surface area (Å²) in [5.41, 5.74) is 0.